The van der Waals surface area contributed by atoms with Crippen molar-refractivity contribution in [2.24, 2.45) is 5.10 Å². The number of carbonyl (C=O) groups excluding carboxylic acids is 1. The normalized spacial score (nSPS) is 18.3. The Hall–Kier alpha value is -3.84. The Balaban J connectivity index is 1.30. The van der Waals surface area contributed by atoms with Gasteiger partial charge in [0, 0.05) is 22.0 Å². The molecule has 35 heavy (non-hydrogen) atoms. The van der Waals surface area contributed by atoms with Crippen molar-refractivity contribution in [2.75, 3.05) is 0 Å². The van der Waals surface area contributed by atoms with Gasteiger partial charge in [0.1, 0.15) is 28.7 Å². The number of carbonyl (C=O) groups is 1. The van der Waals surface area contributed by atoms with Gasteiger partial charge in [-0.25, -0.2) is 9.80 Å². The number of hydrogen-bond acceptors (Lipinski definition) is 6. The van der Waals surface area contributed by atoms with Crippen LogP contribution in [0.5, 0.6) is 11.5 Å². The van der Waals surface area contributed by atoms with E-state index in [0.29, 0.717) is 17.7 Å². The first kappa shape index (κ1) is 21.7. The highest BCUT2D eigenvalue weighted by atomic mass is 79.9. The van der Waals surface area contributed by atoms with E-state index >= 15 is 0 Å². The van der Waals surface area contributed by atoms with E-state index in [0.717, 1.165) is 38.6 Å². The fourth-order valence-corrected chi connectivity index (χ4v) is 4.84. The van der Waals surface area contributed by atoms with Crippen LogP contribution in [-0.2, 0) is 0 Å². The summed E-state index contributed by atoms with van der Waals surface area (Å²) in [6, 6.07) is 26.3. The Morgan fingerprint density at radius 3 is 2.57 bits per heavy atom. The Kier molecular flexibility index (Phi) is 5.41. The van der Waals surface area contributed by atoms with Crippen molar-refractivity contribution in [1.29, 1.82) is 0 Å². The number of hydrazone groups is 1. The fourth-order valence-electron chi connectivity index (χ4n) is 4.46. The molecular weight excluding hydrogens is 508 g/mol. The van der Waals surface area contributed by atoms with Gasteiger partial charge in [-0.1, -0.05) is 34.1 Å². The van der Waals surface area contributed by atoms with E-state index in [-0.39, 0.29) is 6.04 Å². The summed E-state index contributed by atoms with van der Waals surface area (Å²) in [5.41, 5.74) is 3.37. The van der Waals surface area contributed by atoms with E-state index in [4.69, 9.17) is 19.0 Å². The minimum atomic E-state index is -0.430. The first-order chi connectivity index (χ1) is 17.0. The van der Waals surface area contributed by atoms with E-state index in [2.05, 4.69) is 22.0 Å². The minimum Gasteiger partial charge on any atom is -0.464 e. The predicted octanol–water partition coefficient (Wildman–Crippen LogP) is 6.81. The number of ether oxygens (including phenoxy) is 2. The fraction of sp³-hybridized carbons (Fsp3) is 0.143. The Morgan fingerprint density at radius 2 is 1.83 bits per heavy atom. The van der Waals surface area contributed by atoms with Crippen molar-refractivity contribution in [3.8, 4) is 11.5 Å². The van der Waals surface area contributed by atoms with E-state index in [1.165, 1.54) is 0 Å². The molecule has 0 aliphatic carbocycles. The molecule has 174 valence electrons. The van der Waals surface area contributed by atoms with E-state index < -0.39 is 12.2 Å². The zero-order valence-electron chi connectivity index (χ0n) is 18.9. The molecule has 7 heteroatoms. The number of esters is 1. The average molecular weight is 529 g/mol. The summed E-state index contributed by atoms with van der Waals surface area (Å²) < 4.78 is 18.8. The minimum absolute atomic E-state index is 0.0113. The molecule has 3 heterocycles. The third-order valence-electron chi connectivity index (χ3n) is 6.16. The largest absolute Gasteiger partial charge is 0.464 e. The van der Waals surface area contributed by atoms with E-state index in [9.17, 15) is 4.79 Å². The third-order valence-corrected chi connectivity index (χ3v) is 6.66. The summed E-state index contributed by atoms with van der Waals surface area (Å²) in [5.74, 6) is 2.52. The standard InChI is InChI=1S/C28H21BrN2O4/c1-17-7-13-26(33-17)23-16-24-22-15-20(29)10-14-25(22)35-27(31(24)30-23)18-8-11-21(12-9-18)34-28(32)19-5-3-2-4-6-19/h2-15,24,27H,16H2,1H3/t24-,27-/m1/s1. The molecule has 1 aromatic heterocycles. The van der Waals surface area contributed by atoms with Crippen molar-refractivity contribution >= 4 is 27.6 Å². The molecule has 6 rings (SSSR count). The van der Waals surface area contributed by atoms with Gasteiger partial charge in [0.25, 0.3) is 0 Å². The van der Waals surface area contributed by atoms with Gasteiger partial charge in [0.15, 0.2) is 0 Å². The van der Waals surface area contributed by atoms with Gasteiger partial charge in [-0.15, -0.1) is 0 Å². The smallest absolute Gasteiger partial charge is 0.343 e. The lowest BCUT2D eigenvalue weighted by Gasteiger charge is -2.38. The molecule has 0 amide bonds. The summed E-state index contributed by atoms with van der Waals surface area (Å²) in [5, 5.41) is 6.91. The molecule has 0 spiro atoms. The molecule has 0 bridgehead atoms. The molecule has 0 radical (unpaired) electrons. The van der Waals surface area contributed by atoms with Crippen molar-refractivity contribution < 1.29 is 18.7 Å². The van der Waals surface area contributed by atoms with E-state index in [1.807, 2.05) is 66.5 Å². The molecule has 6 nitrogen and oxygen atoms in total. The van der Waals surface area contributed by atoms with Crippen molar-refractivity contribution in [2.45, 2.75) is 25.6 Å². The summed E-state index contributed by atoms with van der Waals surface area (Å²) in [6.07, 6.45) is 0.282. The van der Waals surface area contributed by atoms with Crippen LogP contribution in [0.25, 0.3) is 0 Å². The second-order valence-electron chi connectivity index (χ2n) is 8.53. The summed E-state index contributed by atoms with van der Waals surface area (Å²) >= 11 is 3.58. The molecule has 2 aliphatic heterocycles. The quantitative estimate of drug-likeness (QED) is 0.215. The first-order valence-corrected chi connectivity index (χ1v) is 12.1. The SMILES string of the molecule is Cc1ccc(C2=NN3[C@H](C2)c2cc(Br)ccc2O[C@@H]3c2ccc(OC(=O)c3ccccc3)cc2)o1. The van der Waals surface area contributed by atoms with Gasteiger partial charge in [0.05, 0.1) is 11.6 Å². The molecule has 0 unspecified atom stereocenters. The van der Waals surface area contributed by atoms with Crippen molar-refractivity contribution in [1.82, 2.24) is 5.01 Å². The van der Waals surface area contributed by atoms with Crippen LogP contribution in [0, 0.1) is 6.92 Å². The Bertz CT molecular complexity index is 1430. The summed E-state index contributed by atoms with van der Waals surface area (Å²) in [4.78, 5) is 12.4. The van der Waals surface area contributed by atoms with Gasteiger partial charge >= 0.3 is 5.97 Å². The number of nitrogens with zero attached hydrogens (tertiary/aromatic N) is 2. The van der Waals surface area contributed by atoms with Gasteiger partial charge in [0.2, 0.25) is 6.23 Å². The van der Waals surface area contributed by atoms with Gasteiger partial charge in [-0.05, 0) is 73.7 Å². The maximum absolute atomic E-state index is 12.4. The van der Waals surface area contributed by atoms with Gasteiger partial charge < -0.3 is 13.9 Å². The second-order valence-corrected chi connectivity index (χ2v) is 9.45. The average Bonchev–Trinajstić information content (AvgIpc) is 3.51. The lowest BCUT2D eigenvalue weighted by atomic mass is 9.97. The number of benzene rings is 3. The van der Waals surface area contributed by atoms with Crippen LogP contribution in [0.2, 0.25) is 0 Å². The van der Waals surface area contributed by atoms with Crippen LogP contribution in [0.3, 0.4) is 0 Å². The molecule has 4 aromatic rings. The maximum Gasteiger partial charge on any atom is 0.343 e. The van der Waals surface area contributed by atoms with Gasteiger partial charge in [-0.3, -0.25) is 0 Å². The number of aryl methyl sites for hydroxylation is 1. The van der Waals surface area contributed by atoms with Crippen LogP contribution < -0.4 is 9.47 Å². The number of furan rings is 1. The molecule has 0 saturated heterocycles. The molecule has 2 atom stereocenters. The molecule has 2 aliphatic rings. The first-order valence-electron chi connectivity index (χ1n) is 11.3. The highest BCUT2D eigenvalue weighted by molar-refractivity contribution is 9.10. The molecular formula is C28H21BrN2O4. The monoisotopic (exact) mass is 528 g/mol. The molecule has 0 N–H and O–H groups in total. The third kappa shape index (κ3) is 4.12. The molecule has 3 aromatic carbocycles. The van der Waals surface area contributed by atoms with Crippen molar-refractivity contribution in [3.63, 3.8) is 0 Å². The predicted molar refractivity (Wildman–Crippen MR) is 135 cm³/mol. The van der Waals surface area contributed by atoms with Crippen LogP contribution >= 0.6 is 15.9 Å². The number of halogens is 1. The van der Waals surface area contributed by atoms with Crippen LogP contribution in [-0.4, -0.2) is 16.7 Å². The maximum atomic E-state index is 12.4. The summed E-state index contributed by atoms with van der Waals surface area (Å²) in [6.45, 7) is 1.93. The molecule has 0 saturated carbocycles. The van der Waals surface area contributed by atoms with Gasteiger partial charge in [-0.2, -0.15) is 5.10 Å². The van der Waals surface area contributed by atoms with Crippen LogP contribution in [0.1, 0.15) is 51.7 Å². The number of rotatable bonds is 4. The zero-order valence-corrected chi connectivity index (χ0v) is 20.4. The number of fused-ring (bicyclic) bond motifs is 3. The second kappa shape index (κ2) is 8.74. The van der Waals surface area contributed by atoms with E-state index in [1.54, 1.807) is 24.3 Å². The van der Waals surface area contributed by atoms with Crippen molar-refractivity contribution in [3.05, 3.63) is 118 Å². The molecule has 0 fully saturated rings. The highest BCUT2D eigenvalue weighted by Gasteiger charge is 2.41. The lowest BCUT2D eigenvalue weighted by molar-refractivity contribution is -0.0191. The Morgan fingerprint density at radius 1 is 1.03 bits per heavy atom. The Labute approximate surface area is 210 Å². The number of hydrogen-bond donors (Lipinski definition) is 0. The summed E-state index contributed by atoms with van der Waals surface area (Å²) in [7, 11) is 0. The highest BCUT2D eigenvalue weighted by Crippen LogP contribution is 2.48. The lowest BCUT2D eigenvalue weighted by Crippen LogP contribution is -2.33. The van der Waals surface area contributed by atoms with Crippen LogP contribution in [0.15, 0.2) is 98.9 Å². The topological polar surface area (TPSA) is 64.3 Å². The zero-order chi connectivity index (χ0) is 23.9. The van der Waals surface area contributed by atoms with Crippen LogP contribution in [0.4, 0.5) is 0 Å².